The molecule has 2 nitrogen and oxygen atoms in total. The molecular formula is C30H49N2+. The van der Waals surface area contributed by atoms with E-state index in [1.807, 2.05) is 12.4 Å². The summed E-state index contributed by atoms with van der Waals surface area (Å²) in [6.07, 6.45) is 28.0. The van der Waals surface area contributed by atoms with Crippen molar-refractivity contribution in [2.45, 2.75) is 123 Å². The summed E-state index contributed by atoms with van der Waals surface area (Å²) in [6.45, 7) is 4.59. The molecule has 32 heavy (non-hydrogen) atoms. The zero-order valence-corrected chi connectivity index (χ0v) is 21.1. The van der Waals surface area contributed by atoms with E-state index in [1.54, 1.807) is 0 Å². The Morgan fingerprint density at radius 1 is 0.625 bits per heavy atom. The minimum Gasteiger partial charge on any atom is -0.0965 e. The lowest BCUT2D eigenvalue weighted by atomic mass is 9.78. The van der Waals surface area contributed by atoms with Crippen LogP contribution in [0.15, 0.2) is 40.3 Å². The highest BCUT2D eigenvalue weighted by molar-refractivity contribution is 6.18. The predicted molar refractivity (Wildman–Crippen MR) is 143 cm³/mol. The Kier molecular flexibility index (Phi) is 14.9. The number of nitrogens with zero attached hydrogens (tertiary/aromatic N) is 2. The van der Waals surface area contributed by atoms with Gasteiger partial charge in [0.2, 0.25) is 6.17 Å². The van der Waals surface area contributed by atoms with Gasteiger partial charge in [-0.2, -0.15) is 0 Å². The lowest BCUT2D eigenvalue weighted by Crippen LogP contribution is -2.22. The second-order valence-electron chi connectivity index (χ2n) is 9.79. The molecule has 1 aromatic carbocycles. The van der Waals surface area contributed by atoms with Gasteiger partial charge in [0.1, 0.15) is 0 Å². The van der Waals surface area contributed by atoms with E-state index < -0.39 is 0 Å². The Hall–Kier alpha value is -1.57. The van der Waals surface area contributed by atoms with Crippen molar-refractivity contribution in [3.63, 3.8) is 0 Å². The topological polar surface area (TPSA) is 24.7 Å². The summed E-state index contributed by atoms with van der Waals surface area (Å²) in [6, 6.07) is 11.1. The highest BCUT2D eigenvalue weighted by Crippen LogP contribution is 2.36. The van der Waals surface area contributed by atoms with E-state index >= 15 is 0 Å². The van der Waals surface area contributed by atoms with Crippen LogP contribution in [0.5, 0.6) is 0 Å². The molecule has 2 rings (SSSR count). The quantitative estimate of drug-likeness (QED) is 0.143. The molecule has 0 N–H and O–H groups in total. The number of hydrogen-bond donors (Lipinski definition) is 0. The molecule has 0 bridgehead atoms. The van der Waals surface area contributed by atoms with Crippen molar-refractivity contribution in [2.75, 3.05) is 0 Å². The van der Waals surface area contributed by atoms with Crippen molar-refractivity contribution >= 4 is 12.4 Å². The first kappa shape index (κ1) is 26.7. The molecule has 1 aliphatic heterocycles. The van der Waals surface area contributed by atoms with Crippen molar-refractivity contribution in [1.29, 1.82) is 0 Å². The number of unbranched alkanes of at least 4 members (excludes halogenated alkanes) is 12. The van der Waals surface area contributed by atoms with Crippen LogP contribution in [-0.4, -0.2) is 12.4 Å². The molecule has 1 heterocycles. The average Bonchev–Trinajstić information content (AvgIpc) is 3.35. The minimum atomic E-state index is 0.498. The molecule has 0 saturated heterocycles. The van der Waals surface area contributed by atoms with Gasteiger partial charge in [0, 0.05) is 0 Å². The molecule has 0 saturated carbocycles. The average molecular weight is 438 g/mol. The zero-order chi connectivity index (χ0) is 22.7. The lowest BCUT2D eigenvalue weighted by Gasteiger charge is -2.26. The molecule has 1 aliphatic rings. The Labute approximate surface area is 199 Å². The fourth-order valence-corrected chi connectivity index (χ4v) is 5.05. The van der Waals surface area contributed by atoms with Gasteiger partial charge in [-0.15, -0.1) is 0 Å². The highest BCUT2D eigenvalue weighted by Gasteiger charge is 2.35. The maximum atomic E-state index is 4.63. The maximum Gasteiger partial charge on any atom is 0.244 e. The van der Waals surface area contributed by atoms with Crippen molar-refractivity contribution in [1.82, 2.24) is 0 Å². The van der Waals surface area contributed by atoms with E-state index in [4.69, 9.17) is 0 Å². The van der Waals surface area contributed by atoms with Crippen LogP contribution in [0.2, 0.25) is 0 Å². The van der Waals surface area contributed by atoms with E-state index in [1.165, 1.54) is 108 Å². The summed E-state index contributed by atoms with van der Waals surface area (Å²) >= 11 is 0. The molecule has 0 aromatic heterocycles. The summed E-state index contributed by atoms with van der Waals surface area (Å²) in [5, 5.41) is 0. The maximum absolute atomic E-state index is 4.63. The first-order chi connectivity index (χ1) is 15.8. The highest BCUT2D eigenvalue weighted by atomic mass is 15.0. The molecule has 2 atom stereocenters. The molecule has 0 aliphatic carbocycles. The van der Waals surface area contributed by atoms with Crippen LogP contribution in [0.3, 0.4) is 0 Å². The van der Waals surface area contributed by atoms with Crippen molar-refractivity contribution < 1.29 is 0 Å². The Bertz CT molecular complexity index is 595. The Morgan fingerprint density at radius 2 is 1.16 bits per heavy atom. The van der Waals surface area contributed by atoms with Crippen LogP contribution in [0.4, 0.5) is 0 Å². The lowest BCUT2D eigenvalue weighted by molar-refractivity contribution is 0.286. The molecule has 1 aromatic rings. The molecule has 0 fully saturated rings. The number of hydrogen-bond acceptors (Lipinski definition) is 2. The van der Waals surface area contributed by atoms with E-state index in [0.717, 1.165) is 12.6 Å². The summed E-state index contributed by atoms with van der Waals surface area (Å²) in [5.41, 5.74) is 1.46. The zero-order valence-electron chi connectivity index (χ0n) is 21.1. The van der Waals surface area contributed by atoms with Gasteiger partial charge in [-0.3, -0.25) is 0 Å². The molecule has 0 amide bonds. The standard InChI is InChI=1S/C30H49N2/c1-3-5-7-8-9-10-11-12-13-14-15-19-22-28(26-27-20-17-16-18-21-27)29(23-6-4-2)30-31-24-25-32-30/h16-18,20-21,24-25,28-29H,3-15,19,22-23,26H2,1-2H3/q+1. The van der Waals surface area contributed by atoms with Crippen LogP contribution in [0.1, 0.15) is 122 Å². The summed E-state index contributed by atoms with van der Waals surface area (Å²) in [7, 11) is 0. The fraction of sp³-hybridized carbons (Fsp3) is 0.700. The molecule has 0 radical (unpaired) electrons. The second-order valence-corrected chi connectivity index (χ2v) is 9.79. The first-order valence-electron chi connectivity index (χ1n) is 13.8. The third-order valence-electron chi connectivity index (χ3n) is 7.02. The van der Waals surface area contributed by atoms with Crippen LogP contribution in [-0.2, 0) is 6.42 Å². The summed E-state index contributed by atoms with van der Waals surface area (Å²) in [5.74, 6) is 1.15. The minimum absolute atomic E-state index is 0.498. The van der Waals surface area contributed by atoms with Gasteiger partial charge in [0.15, 0.2) is 12.4 Å². The van der Waals surface area contributed by atoms with Gasteiger partial charge in [0.05, 0.1) is 5.92 Å². The number of benzene rings is 1. The largest absolute Gasteiger partial charge is 0.244 e. The summed E-state index contributed by atoms with van der Waals surface area (Å²) < 4.78 is 0. The first-order valence-corrected chi connectivity index (χ1v) is 13.8. The van der Waals surface area contributed by atoms with Gasteiger partial charge in [-0.25, -0.2) is 0 Å². The third-order valence-corrected chi connectivity index (χ3v) is 7.02. The Balaban J connectivity index is 1.72. The van der Waals surface area contributed by atoms with Crippen molar-refractivity contribution in [2.24, 2.45) is 21.8 Å². The van der Waals surface area contributed by atoms with Crippen LogP contribution >= 0.6 is 0 Å². The van der Waals surface area contributed by atoms with Crippen LogP contribution in [0.25, 0.3) is 0 Å². The smallest absolute Gasteiger partial charge is 0.0965 e. The number of rotatable bonds is 20. The van der Waals surface area contributed by atoms with Crippen LogP contribution in [0, 0.1) is 18.0 Å². The second kappa shape index (κ2) is 17.9. The van der Waals surface area contributed by atoms with E-state index in [-0.39, 0.29) is 0 Å². The van der Waals surface area contributed by atoms with Gasteiger partial charge in [-0.1, -0.05) is 144 Å². The van der Waals surface area contributed by atoms with Crippen LogP contribution < -0.4 is 0 Å². The normalized spacial score (nSPS) is 14.9. The van der Waals surface area contributed by atoms with E-state index in [0.29, 0.717) is 11.8 Å². The molecule has 178 valence electrons. The molecule has 0 spiro atoms. The molecule has 2 heteroatoms. The third kappa shape index (κ3) is 11.3. The van der Waals surface area contributed by atoms with Crippen molar-refractivity contribution in [3.8, 4) is 0 Å². The van der Waals surface area contributed by atoms with E-state index in [9.17, 15) is 0 Å². The van der Waals surface area contributed by atoms with Gasteiger partial charge in [0.25, 0.3) is 0 Å². The van der Waals surface area contributed by atoms with Crippen molar-refractivity contribution in [3.05, 3.63) is 42.1 Å². The monoisotopic (exact) mass is 437 g/mol. The molecular weight excluding hydrogens is 388 g/mol. The summed E-state index contributed by atoms with van der Waals surface area (Å²) in [4.78, 5) is 9.26. The van der Waals surface area contributed by atoms with Gasteiger partial charge < -0.3 is 0 Å². The fourth-order valence-electron chi connectivity index (χ4n) is 5.05. The predicted octanol–water partition coefficient (Wildman–Crippen LogP) is 9.39. The molecule has 2 unspecified atom stereocenters. The van der Waals surface area contributed by atoms with E-state index in [2.05, 4.69) is 54.2 Å². The van der Waals surface area contributed by atoms with Gasteiger partial charge >= 0.3 is 0 Å². The number of aliphatic imine (C=N–C) groups is 2. The Morgan fingerprint density at radius 3 is 1.72 bits per heavy atom. The van der Waals surface area contributed by atoms with Gasteiger partial charge in [-0.05, 0) is 30.7 Å². The SMILES string of the molecule is CCCCCCCCCCCCCCC(Cc1ccccc1)C(CCCC)[C+]1N=CC=N1.